The molecule has 0 saturated carbocycles. The zero-order valence-electron chi connectivity index (χ0n) is 17.5. The number of rotatable bonds is 7. The van der Waals surface area contributed by atoms with Gasteiger partial charge in [-0.1, -0.05) is 50.1 Å². The van der Waals surface area contributed by atoms with Gasteiger partial charge >= 0.3 is 0 Å². The van der Waals surface area contributed by atoms with Gasteiger partial charge in [0.15, 0.2) is 5.78 Å². The molecule has 28 heavy (non-hydrogen) atoms. The summed E-state index contributed by atoms with van der Waals surface area (Å²) < 4.78 is 0. The second kappa shape index (κ2) is 9.09. The Labute approximate surface area is 168 Å². The van der Waals surface area contributed by atoms with E-state index in [1.54, 1.807) is 13.1 Å². The van der Waals surface area contributed by atoms with Crippen molar-refractivity contribution in [2.45, 2.75) is 53.4 Å². The number of allylic oxidation sites excluding steroid dienone is 1. The molecule has 0 amide bonds. The standard InChI is InChI=1S/C25H30N2O/c1-5-6-11-21-16-27-24(25-22(19(4)28)13-9-14-26-25)18(3)23(21)15-20-12-8-7-10-17(20)2/h7-10,12-14,18H,5-6,11,15-16H2,1-4H3. The van der Waals surface area contributed by atoms with Gasteiger partial charge in [0.05, 0.1) is 18.0 Å². The highest BCUT2D eigenvalue weighted by molar-refractivity contribution is 6.11. The van der Waals surface area contributed by atoms with Crippen molar-refractivity contribution in [3.8, 4) is 0 Å². The van der Waals surface area contributed by atoms with Crippen molar-refractivity contribution in [1.29, 1.82) is 0 Å². The van der Waals surface area contributed by atoms with Crippen LogP contribution in [0.25, 0.3) is 0 Å². The highest BCUT2D eigenvalue weighted by Gasteiger charge is 2.27. The topological polar surface area (TPSA) is 42.3 Å². The van der Waals surface area contributed by atoms with Gasteiger partial charge in [-0.3, -0.25) is 14.8 Å². The van der Waals surface area contributed by atoms with E-state index >= 15 is 0 Å². The summed E-state index contributed by atoms with van der Waals surface area (Å²) in [6.07, 6.45) is 6.16. The third-order valence-electron chi connectivity index (χ3n) is 5.73. The van der Waals surface area contributed by atoms with Crippen LogP contribution < -0.4 is 0 Å². The van der Waals surface area contributed by atoms with Gasteiger partial charge in [-0.15, -0.1) is 0 Å². The Balaban J connectivity index is 2.00. The van der Waals surface area contributed by atoms with E-state index in [9.17, 15) is 4.79 Å². The summed E-state index contributed by atoms with van der Waals surface area (Å²) in [5.41, 5.74) is 7.97. The largest absolute Gasteiger partial charge is 0.294 e. The minimum Gasteiger partial charge on any atom is -0.294 e. The van der Waals surface area contributed by atoms with Crippen LogP contribution >= 0.6 is 0 Å². The first-order valence-electron chi connectivity index (χ1n) is 10.3. The lowest BCUT2D eigenvalue weighted by atomic mass is 9.81. The Morgan fingerprint density at radius 3 is 2.68 bits per heavy atom. The maximum absolute atomic E-state index is 12.1. The highest BCUT2D eigenvalue weighted by atomic mass is 16.1. The average molecular weight is 375 g/mol. The third-order valence-corrected chi connectivity index (χ3v) is 5.73. The molecular weight excluding hydrogens is 344 g/mol. The van der Waals surface area contributed by atoms with Crippen molar-refractivity contribution in [2.24, 2.45) is 10.9 Å². The number of carbonyl (C=O) groups is 1. The summed E-state index contributed by atoms with van der Waals surface area (Å²) in [6.45, 7) is 8.95. The van der Waals surface area contributed by atoms with E-state index < -0.39 is 0 Å². The molecule has 0 aliphatic carbocycles. The fourth-order valence-electron chi connectivity index (χ4n) is 3.99. The van der Waals surface area contributed by atoms with Crippen molar-refractivity contribution in [3.63, 3.8) is 0 Å². The first-order chi connectivity index (χ1) is 13.5. The van der Waals surface area contributed by atoms with Crippen LogP contribution in [0.4, 0.5) is 0 Å². The minimum absolute atomic E-state index is 0.0409. The molecule has 3 nitrogen and oxygen atoms in total. The number of aliphatic imine (C=N–C) groups is 1. The molecule has 1 aromatic heterocycles. The molecule has 0 spiro atoms. The molecule has 146 valence electrons. The van der Waals surface area contributed by atoms with E-state index in [4.69, 9.17) is 4.99 Å². The summed E-state index contributed by atoms with van der Waals surface area (Å²) in [5.74, 6) is 0.201. The zero-order valence-corrected chi connectivity index (χ0v) is 17.5. The van der Waals surface area contributed by atoms with Crippen LogP contribution in [0.15, 0.2) is 58.7 Å². The Kier molecular flexibility index (Phi) is 6.56. The second-order valence-corrected chi connectivity index (χ2v) is 7.71. The molecule has 1 aromatic carbocycles. The number of pyridine rings is 1. The van der Waals surface area contributed by atoms with Gasteiger partial charge in [0.1, 0.15) is 0 Å². The van der Waals surface area contributed by atoms with Crippen LogP contribution in [0, 0.1) is 12.8 Å². The van der Waals surface area contributed by atoms with Crippen LogP contribution in [-0.4, -0.2) is 23.0 Å². The Morgan fingerprint density at radius 1 is 1.18 bits per heavy atom. The summed E-state index contributed by atoms with van der Waals surface area (Å²) in [5, 5.41) is 0. The molecule has 1 aliphatic heterocycles. The van der Waals surface area contributed by atoms with Gasteiger partial charge in [0, 0.05) is 17.7 Å². The number of hydrogen-bond acceptors (Lipinski definition) is 3. The van der Waals surface area contributed by atoms with E-state index in [0.717, 1.165) is 30.8 Å². The SMILES string of the molecule is CCCCC1=C(Cc2ccccc2C)C(C)C(c2ncccc2C(C)=O)=NC1. The van der Waals surface area contributed by atoms with Crippen LogP contribution in [0.3, 0.4) is 0 Å². The molecule has 0 fully saturated rings. The van der Waals surface area contributed by atoms with Gasteiger partial charge < -0.3 is 0 Å². The molecule has 2 aromatic rings. The minimum atomic E-state index is 0.0409. The Hall–Kier alpha value is -2.55. The number of hydrogen-bond donors (Lipinski definition) is 0. The van der Waals surface area contributed by atoms with Gasteiger partial charge in [-0.25, -0.2) is 0 Å². The van der Waals surface area contributed by atoms with Crippen molar-refractivity contribution >= 4 is 11.5 Å². The lowest BCUT2D eigenvalue weighted by molar-refractivity contribution is 0.101. The van der Waals surface area contributed by atoms with Crippen molar-refractivity contribution in [2.75, 3.05) is 6.54 Å². The number of nitrogens with zero attached hydrogens (tertiary/aromatic N) is 2. The number of aromatic nitrogens is 1. The fourth-order valence-corrected chi connectivity index (χ4v) is 3.99. The molecule has 2 heterocycles. The highest BCUT2D eigenvalue weighted by Crippen LogP contribution is 2.32. The van der Waals surface area contributed by atoms with Crippen LogP contribution in [0.5, 0.6) is 0 Å². The smallest absolute Gasteiger partial charge is 0.162 e. The quantitative estimate of drug-likeness (QED) is 0.457. The number of aryl methyl sites for hydroxylation is 1. The molecule has 1 unspecified atom stereocenters. The van der Waals surface area contributed by atoms with E-state index in [-0.39, 0.29) is 11.7 Å². The summed E-state index contributed by atoms with van der Waals surface area (Å²) in [4.78, 5) is 21.6. The second-order valence-electron chi connectivity index (χ2n) is 7.71. The summed E-state index contributed by atoms with van der Waals surface area (Å²) in [6, 6.07) is 12.3. The summed E-state index contributed by atoms with van der Waals surface area (Å²) >= 11 is 0. The average Bonchev–Trinajstić information content (AvgIpc) is 2.70. The third kappa shape index (κ3) is 4.30. The summed E-state index contributed by atoms with van der Waals surface area (Å²) in [7, 11) is 0. The van der Waals surface area contributed by atoms with Gasteiger partial charge in [0.25, 0.3) is 0 Å². The number of ketones is 1. The van der Waals surface area contributed by atoms with E-state index in [0.29, 0.717) is 5.56 Å². The molecule has 0 radical (unpaired) electrons. The number of benzene rings is 1. The normalized spacial score (nSPS) is 16.9. The first kappa shape index (κ1) is 20.2. The zero-order chi connectivity index (χ0) is 20.1. The molecular formula is C25H30N2O. The molecule has 0 bridgehead atoms. The van der Waals surface area contributed by atoms with Crippen molar-refractivity contribution in [3.05, 3.63) is 76.1 Å². The molecule has 3 heteroatoms. The van der Waals surface area contributed by atoms with Crippen LogP contribution in [0.1, 0.15) is 67.2 Å². The predicted octanol–water partition coefficient (Wildman–Crippen LogP) is 5.76. The Bertz CT molecular complexity index is 924. The maximum Gasteiger partial charge on any atom is 0.162 e. The molecule has 3 rings (SSSR count). The van der Waals surface area contributed by atoms with Gasteiger partial charge in [0.2, 0.25) is 0 Å². The molecule has 1 aliphatic rings. The Morgan fingerprint density at radius 2 is 1.96 bits per heavy atom. The fraction of sp³-hybridized carbons (Fsp3) is 0.400. The van der Waals surface area contributed by atoms with Gasteiger partial charge in [-0.2, -0.15) is 0 Å². The van der Waals surface area contributed by atoms with Crippen molar-refractivity contribution < 1.29 is 4.79 Å². The first-order valence-corrected chi connectivity index (χ1v) is 10.3. The number of unbranched alkanes of at least 4 members (excludes halogenated alkanes) is 1. The predicted molar refractivity (Wildman–Crippen MR) is 116 cm³/mol. The van der Waals surface area contributed by atoms with Crippen LogP contribution in [0.2, 0.25) is 0 Å². The lowest BCUT2D eigenvalue weighted by Crippen LogP contribution is -2.26. The lowest BCUT2D eigenvalue weighted by Gasteiger charge is -2.28. The number of carbonyl (C=O) groups excluding carboxylic acids is 1. The number of dihydropyridines is 1. The van der Waals surface area contributed by atoms with Gasteiger partial charge in [-0.05, 0) is 61.9 Å². The number of Topliss-reactive ketones (excluding diaryl/α,β-unsaturated/α-hetero) is 1. The van der Waals surface area contributed by atoms with E-state index in [1.807, 2.05) is 12.1 Å². The maximum atomic E-state index is 12.1. The van der Waals surface area contributed by atoms with E-state index in [1.165, 1.54) is 35.1 Å². The van der Waals surface area contributed by atoms with Crippen LogP contribution in [-0.2, 0) is 6.42 Å². The monoisotopic (exact) mass is 374 g/mol. The molecule has 0 N–H and O–H groups in total. The molecule has 1 atom stereocenters. The van der Waals surface area contributed by atoms with E-state index in [2.05, 4.69) is 50.0 Å². The molecule has 0 saturated heterocycles. The van der Waals surface area contributed by atoms with Crippen molar-refractivity contribution in [1.82, 2.24) is 4.98 Å².